The largest absolute Gasteiger partial charge is 0.573 e. The number of rotatable bonds is 4. The highest BCUT2D eigenvalue weighted by atomic mass is 19.4. The summed E-state index contributed by atoms with van der Waals surface area (Å²) in [6.45, 7) is 0.538. The smallest absolute Gasteiger partial charge is 0.406 e. The number of halogens is 3. The molecule has 1 aromatic heterocycles. The molecule has 1 N–H and O–H groups in total. The van der Waals surface area contributed by atoms with E-state index in [4.69, 9.17) is 0 Å². The summed E-state index contributed by atoms with van der Waals surface area (Å²) in [4.78, 5) is 0. The number of alkyl halides is 3. The van der Waals surface area contributed by atoms with Gasteiger partial charge in [0.25, 0.3) is 0 Å². The molecule has 2 aromatic rings. The first-order valence-corrected chi connectivity index (χ1v) is 5.63. The minimum absolute atomic E-state index is 0.231. The van der Waals surface area contributed by atoms with Crippen LogP contribution < -0.4 is 10.1 Å². The van der Waals surface area contributed by atoms with E-state index in [1.807, 2.05) is 30.1 Å². The highest BCUT2D eigenvalue weighted by molar-refractivity contribution is 5.48. The minimum Gasteiger partial charge on any atom is -0.406 e. The molecule has 1 aromatic carbocycles. The van der Waals surface area contributed by atoms with Crippen LogP contribution in [0.25, 0.3) is 0 Å². The number of ether oxygens (including phenoxy) is 1. The fourth-order valence-electron chi connectivity index (χ4n) is 1.67. The molecule has 0 unspecified atom stereocenters. The molecule has 0 amide bonds. The topological polar surface area (TPSA) is 26.2 Å². The number of aryl methyl sites for hydroxylation is 1. The first-order valence-electron chi connectivity index (χ1n) is 5.63. The number of hydrogen-bond acceptors (Lipinski definition) is 2. The van der Waals surface area contributed by atoms with E-state index in [1.54, 1.807) is 6.07 Å². The van der Waals surface area contributed by atoms with Crippen LogP contribution in [0, 0.1) is 0 Å². The Labute approximate surface area is 108 Å². The molecule has 0 bridgehead atoms. The van der Waals surface area contributed by atoms with Crippen LogP contribution in [-0.2, 0) is 13.6 Å². The predicted molar refractivity (Wildman–Crippen MR) is 65.9 cm³/mol. The van der Waals surface area contributed by atoms with Gasteiger partial charge in [0.15, 0.2) is 0 Å². The van der Waals surface area contributed by atoms with Crippen LogP contribution in [0.15, 0.2) is 42.7 Å². The second-order valence-electron chi connectivity index (χ2n) is 4.11. The lowest BCUT2D eigenvalue weighted by Crippen LogP contribution is -2.17. The van der Waals surface area contributed by atoms with Crippen molar-refractivity contribution in [3.63, 3.8) is 0 Å². The van der Waals surface area contributed by atoms with Crippen molar-refractivity contribution in [2.24, 2.45) is 7.05 Å². The van der Waals surface area contributed by atoms with Gasteiger partial charge in [0.05, 0.1) is 0 Å². The van der Waals surface area contributed by atoms with E-state index in [0.29, 0.717) is 12.2 Å². The van der Waals surface area contributed by atoms with Crippen molar-refractivity contribution in [2.75, 3.05) is 5.32 Å². The van der Waals surface area contributed by atoms with Gasteiger partial charge < -0.3 is 14.6 Å². The van der Waals surface area contributed by atoms with Crippen molar-refractivity contribution < 1.29 is 17.9 Å². The summed E-state index contributed by atoms with van der Waals surface area (Å²) < 4.78 is 42.0. The molecular formula is C13H13F3N2O. The molecule has 0 aliphatic carbocycles. The summed E-state index contributed by atoms with van der Waals surface area (Å²) in [7, 11) is 1.90. The van der Waals surface area contributed by atoms with E-state index < -0.39 is 6.36 Å². The van der Waals surface area contributed by atoms with Gasteiger partial charge in [0, 0.05) is 37.7 Å². The normalized spacial score (nSPS) is 11.4. The molecule has 6 heteroatoms. The van der Waals surface area contributed by atoms with Crippen LogP contribution in [0.2, 0.25) is 0 Å². The second kappa shape index (κ2) is 5.26. The lowest BCUT2D eigenvalue weighted by molar-refractivity contribution is -0.274. The first-order chi connectivity index (χ1) is 8.92. The standard InChI is InChI=1S/C13H13F3N2O/c1-18-6-5-10(9-18)8-17-11-3-2-4-12(7-11)19-13(14,15)16/h2-7,9,17H,8H2,1H3. The second-order valence-corrected chi connectivity index (χ2v) is 4.11. The molecule has 102 valence electrons. The van der Waals surface area contributed by atoms with E-state index in [9.17, 15) is 13.2 Å². The van der Waals surface area contributed by atoms with Crippen LogP contribution in [0.3, 0.4) is 0 Å². The first kappa shape index (κ1) is 13.3. The van der Waals surface area contributed by atoms with E-state index in [1.165, 1.54) is 18.2 Å². The van der Waals surface area contributed by atoms with E-state index in [0.717, 1.165) is 5.56 Å². The Morgan fingerprint density at radius 2 is 2.05 bits per heavy atom. The van der Waals surface area contributed by atoms with Gasteiger partial charge in [-0.15, -0.1) is 13.2 Å². The number of benzene rings is 1. The summed E-state index contributed by atoms with van der Waals surface area (Å²) in [6.07, 6.45) is -0.832. The molecule has 0 aliphatic rings. The molecule has 0 saturated heterocycles. The lowest BCUT2D eigenvalue weighted by atomic mass is 10.3. The number of nitrogens with zero attached hydrogens (tertiary/aromatic N) is 1. The lowest BCUT2D eigenvalue weighted by Gasteiger charge is -2.11. The van der Waals surface area contributed by atoms with Crippen molar-refractivity contribution >= 4 is 5.69 Å². The summed E-state index contributed by atoms with van der Waals surface area (Å²) in [5.41, 5.74) is 1.62. The monoisotopic (exact) mass is 270 g/mol. The van der Waals surface area contributed by atoms with Gasteiger partial charge in [-0.1, -0.05) is 6.07 Å². The third-order valence-corrected chi connectivity index (χ3v) is 2.46. The van der Waals surface area contributed by atoms with E-state index >= 15 is 0 Å². The van der Waals surface area contributed by atoms with Crippen molar-refractivity contribution in [1.29, 1.82) is 0 Å². The number of anilines is 1. The van der Waals surface area contributed by atoms with Crippen molar-refractivity contribution in [2.45, 2.75) is 12.9 Å². The Morgan fingerprint density at radius 3 is 2.68 bits per heavy atom. The highest BCUT2D eigenvalue weighted by Crippen LogP contribution is 2.25. The Morgan fingerprint density at radius 1 is 1.26 bits per heavy atom. The van der Waals surface area contributed by atoms with Crippen LogP contribution in [0.1, 0.15) is 5.56 Å². The molecule has 0 fully saturated rings. The molecule has 19 heavy (non-hydrogen) atoms. The van der Waals surface area contributed by atoms with Gasteiger partial charge in [-0.05, 0) is 23.8 Å². The third-order valence-electron chi connectivity index (χ3n) is 2.46. The SMILES string of the molecule is Cn1ccc(CNc2cccc(OC(F)(F)F)c2)c1. The zero-order valence-corrected chi connectivity index (χ0v) is 10.2. The highest BCUT2D eigenvalue weighted by Gasteiger charge is 2.31. The summed E-state index contributed by atoms with van der Waals surface area (Å²) in [6, 6.07) is 7.71. The number of aromatic nitrogens is 1. The Hall–Kier alpha value is -2.11. The molecule has 2 rings (SSSR count). The predicted octanol–water partition coefficient (Wildman–Crippen LogP) is 3.54. The van der Waals surface area contributed by atoms with Crippen molar-refractivity contribution in [1.82, 2.24) is 4.57 Å². The third kappa shape index (κ3) is 4.24. The fourth-order valence-corrected chi connectivity index (χ4v) is 1.67. The van der Waals surface area contributed by atoms with Gasteiger partial charge in [0.2, 0.25) is 0 Å². The fraction of sp³-hybridized carbons (Fsp3) is 0.231. The maximum Gasteiger partial charge on any atom is 0.573 e. The molecule has 1 heterocycles. The molecule has 3 nitrogen and oxygen atoms in total. The Bertz CT molecular complexity index is 549. The van der Waals surface area contributed by atoms with Crippen molar-refractivity contribution in [3.8, 4) is 5.75 Å². The Kier molecular flexibility index (Phi) is 3.69. The maximum atomic E-state index is 12.1. The van der Waals surface area contributed by atoms with Gasteiger partial charge in [-0.2, -0.15) is 0 Å². The molecular weight excluding hydrogens is 257 g/mol. The number of hydrogen-bond donors (Lipinski definition) is 1. The summed E-state index contributed by atoms with van der Waals surface area (Å²) >= 11 is 0. The van der Waals surface area contributed by atoms with Gasteiger partial charge >= 0.3 is 6.36 Å². The van der Waals surface area contributed by atoms with E-state index in [2.05, 4.69) is 10.1 Å². The van der Waals surface area contributed by atoms with Crippen molar-refractivity contribution in [3.05, 3.63) is 48.3 Å². The van der Waals surface area contributed by atoms with Gasteiger partial charge in [-0.25, -0.2) is 0 Å². The van der Waals surface area contributed by atoms with Crippen LogP contribution >= 0.6 is 0 Å². The summed E-state index contributed by atoms with van der Waals surface area (Å²) in [5.74, 6) is -0.231. The minimum atomic E-state index is -4.67. The Balaban J connectivity index is 1.99. The summed E-state index contributed by atoms with van der Waals surface area (Å²) in [5, 5.41) is 3.04. The van der Waals surface area contributed by atoms with Crippen LogP contribution in [0.4, 0.5) is 18.9 Å². The zero-order chi connectivity index (χ0) is 13.9. The molecule has 0 aliphatic heterocycles. The average Bonchev–Trinajstić information content (AvgIpc) is 2.71. The van der Waals surface area contributed by atoms with Gasteiger partial charge in [-0.3, -0.25) is 0 Å². The van der Waals surface area contributed by atoms with Crippen LogP contribution in [-0.4, -0.2) is 10.9 Å². The maximum absolute atomic E-state index is 12.1. The quantitative estimate of drug-likeness (QED) is 0.919. The average molecular weight is 270 g/mol. The number of nitrogens with one attached hydrogen (secondary N) is 1. The molecule has 0 radical (unpaired) electrons. The van der Waals surface area contributed by atoms with Crippen LogP contribution in [0.5, 0.6) is 5.75 Å². The molecule has 0 spiro atoms. The van der Waals surface area contributed by atoms with Gasteiger partial charge in [0.1, 0.15) is 5.75 Å². The van der Waals surface area contributed by atoms with E-state index in [-0.39, 0.29) is 5.75 Å². The zero-order valence-electron chi connectivity index (χ0n) is 10.2. The molecule has 0 atom stereocenters. The molecule has 0 saturated carbocycles.